The Bertz CT molecular complexity index is 588. The number of rotatable bonds is 4. The summed E-state index contributed by atoms with van der Waals surface area (Å²) in [5.41, 5.74) is 0. The number of sulfone groups is 1. The maximum absolute atomic E-state index is 14.3. The van der Waals surface area contributed by atoms with Gasteiger partial charge in [-0.25, -0.2) is 8.42 Å². The third-order valence-corrected chi connectivity index (χ3v) is 6.99. The van der Waals surface area contributed by atoms with Crippen LogP contribution in [0.3, 0.4) is 0 Å². The highest BCUT2D eigenvalue weighted by atomic mass is 32.2. The van der Waals surface area contributed by atoms with Gasteiger partial charge in [0.25, 0.3) is 0 Å². The first-order chi connectivity index (χ1) is 10.3. The highest BCUT2D eigenvalue weighted by Crippen LogP contribution is 2.57. The number of alkyl halides is 4. The molecule has 0 aromatic carbocycles. The van der Waals surface area contributed by atoms with Crippen molar-refractivity contribution >= 4 is 15.8 Å². The predicted molar refractivity (Wildman–Crippen MR) is 73.8 cm³/mol. The average molecular weight is 360 g/mol. The van der Waals surface area contributed by atoms with Gasteiger partial charge in [-0.2, -0.15) is 17.6 Å². The molecule has 0 aromatic heterocycles. The van der Waals surface area contributed by atoms with Gasteiger partial charge >= 0.3 is 18.0 Å². The number of carbonyl (C=O) groups is 1. The van der Waals surface area contributed by atoms with Gasteiger partial charge in [0.1, 0.15) is 0 Å². The highest BCUT2D eigenvalue weighted by molar-refractivity contribution is 7.91. The molecule has 2 saturated carbocycles. The molecule has 2 rings (SSSR count). The van der Waals surface area contributed by atoms with Crippen LogP contribution in [-0.2, 0) is 19.4 Å². The van der Waals surface area contributed by atoms with Crippen LogP contribution in [0.5, 0.6) is 0 Å². The van der Waals surface area contributed by atoms with Crippen LogP contribution in [0.1, 0.15) is 33.1 Å². The molecule has 4 nitrogen and oxygen atoms in total. The minimum Gasteiger partial charge on any atom is -0.419 e. The van der Waals surface area contributed by atoms with E-state index in [1.54, 1.807) is 6.92 Å². The smallest absolute Gasteiger partial charge is 0.419 e. The van der Waals surface area contributed by atoms with Gasteiger partial charge in [-0.15, -0.1) is 0 Å². The Morgan fingerprint density at radius 2 is 1.78 bits per heavy atom. The van der Waals surface area contributed by atoms with Gasteiger partial charge in [-0.3, -0.25) is 4.79 Å². The van der Waals surface area contributed by atoms with Crippen molar-refractivity contribution in [2.24, 2.45) is 23.7 Å². The van der Waals surface area contributed by atoms with Gasteiger partial charge in [0.15, 0.2) is 9.84 Å². The van der Waals surface area contributed by atoms with E-state index in [0.29, 0.717) is 19.8 Å². The zero-order chi connectivity index (χ0) is 17.8. The van der Waals surface area contributed by atoms with Crippen LogP contribution >= 0.6 is 0 Å². The normalized spacial score (nSPS) is 36.7. The van der Waals surface area contributed by atoms with Crippen LogP contribution in [0.15, 0.2) is 0 Å². The van der Waals surface area contributed by atoms with Crippen LogP contribution in [0, 0.1) is 23.7 Å². The van der Waals surface area contributed by atoms with Gasteiger partial charge in [-0.1, -0.05) is 6.92 Å². The lowest BCUT2D eigenvalue weighted by Crippen LogP contribution is -2.48. The zero-order valence-electron chi connectivity index (χ0n) is 13.1. The molecule has 2 bridgehead atoms. The first kappa shape index (κ1) is 18.5. The molecule has 2 aliphatic rings. The minimum atomic E-state index is -5.35. The SMILES string of the molecule is CC(=O)OC(F)(CC1CC2CC1C(S(C)(=O)=O)C2C)C(F)(F)F. The summed E-state index contributed by atoms with van der Waals surface area (Å²) in [5.74, 6) is -6.93. The van der Waals surface area contributed by atoms with Crippen molar-refractivity contribution in [2.45, 2.75) is 50.4 Å². The molecule has 0 radical (unpaired) electrons. The molecule has 0 spiro atoms. The molecule has 0 aliphatic heterocycles. The molecule has 2 fully saturated rings. The van der Waals surface area contributed by atoms with E-state index >= 15 is 0 Å². The van der Waals surface area contributed by atoms with Crippen molar-refractivity contribution in [1.82, 2.24) is 0 Å². The van der Waals surface area contributed by atoms with Crippen LogP contribution in [-0.4, -0.2) is 37.9 Å². The summed E-state index contributed by atoms with van der Waals surface area (Å²) in [7, 11) is -3.44. The Kier molecular flexibility index (Phi) is 4.50. The van der Waals surface area contributed by atoms with Crippen LogP contribution in [0.4, 0.5) is 17.6 Å². The van der Waals surface area contributed by atoms with Gasteiger partial charge in [0, 0.05) is 19.6 Å². The zero-order valence-corrected chi connectivity index (χ0v) is 13.9. The van der Waals surface area contributed by atoms with Crippen molar-refractivity contribution in [3.05, 3.63) is 0 Å². The lowest BCUT2D eigenvalue weighted by atomic mass is 9.79. The molecule has 0 N–H and O–H groups in total. The number of ether oxygens (including phenoxy) is 1. The number of carbonyl (C=O) groups excluding carboxylic acids is 1. The summed E-state index contributed by atoms with van der Waals surface area (Å²) in [6, 6.07) is 0. The fraction of sp³-hybridized carbons (Fsp3) is 0.929. The summed E-state index contributed by atoms with van der Waals surface area (Å²) >= 11 is 0. The third-order valence-electron chi connectivity index (χ3n) is 5.22. The van der Waals surface area contributed by atoms with Crippen molar-refractivity contribution in [3.8, 4) is 0 Å². The van der Waals surface area contributed by atoms with Crippen LogP contribution in [0.25, 0.3) is 0 Å². The molecule has 0 aromatic rings. The Morgan fingerprint density at radius 3 is 2.17 bits per heavy atom. The lowest BCUT2D eigenvalue weighted by Gasteiger charge is -2.36. The quantitative estimate of drug-likeness (QED) is 0.571. The second kappa shape index (κ2) is 5.60. The number of hydrogen-bond acceptors (Lipinski definition) is 4. The number of fused-ring (bicyclic) bond motifs is 2. The molecule has 9 heteroatoms. The van der Waals surface area contributed by atoms with E-state index in [1.807, 2.05) is 0 Å². The summed E-state index contributed by atoms with van der Waals surface area (Å²) in [6.07, 6.45) is -4.55. The van der Waals surface area contributed by atoms with E-state index in [4.69, 9.17) is 0 Å². The van der Waals surface area contributed by atoms with Crippen LogP contribution in [0.2, 0.25) is 0 Å². The second-order valence-electron chi connectivity index (χ2n) is 6.83. The molecule has 23 heavy (non-hydrogen) atoms. The lowest BCUT2D eigenvalue weighted by molar-refractivity contribution is -0.326. The Labute approximate surface area is 132 Å². The Hall–Kier alpha value is -0.860. The molecule has 6 atom stereocenters. The molecule has 0 amide bonds. The third kappa shape index (κ3) is 3.34. The van der Waals surface area contributed by atoms with Crippen molar-refractivity contribution in [1.29, 1.82) is 0 Å². The summed E-state index contributed by atoms with van der Waals surface area (Å²) in [4.78, 5) is 10.9. The standard InChI is InChI=1S/C14H20F4O4S/c1-7-9-4-10(11(5-9)12(7)23(3,20)21)6-13(15,14(16,17)18)22-8(2)19/h7,9-12H,4-6H2,1-3H3. The Balaban J connectivity index is 2.25. The number of halogens is 4. The average Bonchev–Trinajstić information content (AvgIpc) is 2.81. The monoisotopic (exact) mass is 360 g/mol. The van der Waals surface area contributed by atoms with E-state index in [2.05, 4.69) is 4.74 Å². The number of esters is 1. The molecule has 0 heterocycles. The second-order valence-corrected chi connectivity index (χ2v) is 9.04. The summed E-state index contributed by atoms with van der Waals surface area (Å²) < 4.78 is 81.1. The van der Waals surface area contributed by atoms with E-state index in [1.165, 1.54) is 0 Å². The van der Waals surface area contributed by atoms with E-state index in [0.717, 1.165) is 6.26 Å². The molecular weight excluding hydrogens is 340 g/mol. The van der Waals surface area contributed by atoms with Crippen molar-refractivity contribution in [2.75, 3.05) is 6.26 Å². The topological polar surface area (TPSA) is 60.4 Å². The van der Waals surface area contributed by atoms with Crippen LogP contribution < -0.4 is 0 Å². The summed E-state index contributed by atoms with van der Waals surface area (Å²) in [6.45, 7) is 2.48. The van der Waals surface area contributed by atoms with E-state index < -0.39 is 51.3 Å². The Morgan fingerprint density at radius 1 is 1.22 bits per heavy atom. The predicted octanol–water partition coefficient (Wildman–Crippen LogP) is 2.87. The molecule has 6 unspecified atom stereocenters. The highest BCUT2D eigenvalue weighted by Gasteiger charge is 2.64. The molecule has 2 aliphatic carbocycles. The van der Waals surface area contributed by atoms with Gasteiger partial charge in [0.05, 0.1) is 5.25 Å². The van der Waals surface area contributed by atoms with E-state index in [9.17, 15) is 30.8 Å². The number of hydrogen-bond donors (Lipinski definition) is 0. The van der Waals surface area contributed by atoms with Crippen molar-refractivity contribution < 1.29 is 35.5 Å². The fourth-order valence-electron chi connectivity index (χ4n) is 4.41. The molecule has 134 valence electrons. The van der Waals surface area contributed by atoms with E-state index in [-0.39, 0.29) is 11.8 Å². The molecule has 0 saturated heterocycles. The first-order valence-corrected chi connectivity index (χ1v) is 9.36. The van der Waals surface area contributed by atoms with Gasteiger partial charge < -0.3 is 4.74 Å². The summed E-state index contributed by atoms with van der Waals surface area (Å²) in [5, 5.41) is -0.763. The fourth-order valence-corrected chi connectivity index (χ4v) is 6.38. The van der Waals surface area contributed by atoms with Gasteiger partial charge in [0.2, 0.25) is 0 Å². The molecular formula is C14H20F4O4S. The maximum atomic E-state index is 14.3. The van der Waals surface area contributed by atoms with Crippen molar-refractivity contribution in [3.63, 3.8) is 0 Å². The van der Waals surface area contributed by atoms with Gasteiger partial charge in [-0.05, 0) is 36.5 Å². The first-order valence-electron chi connectivity index (χ1n) is 7.40. The maximum Gasteiger partial charge on any atom is 0.460 e. The minimum absolute atomic E-state index is 0.0421. The largest absolute Gasteiger partial charge is 0.460 e.